The molecule has 2 aromatic rings. The van der Waals surface area contributed by atoms with Crippen molar-refractivity contribution in [2.24, 2.45) is 0 Å². The van der Waals surface area contributed by atoms with Crippen molar-refractivity contribution in [3.8, 4) is 0 Å². The third-order valence-corrected chi connectivity index (χ3v) is 2.96. The van der Waals surface area contributed by atoms with E-state index >= 15 is 0 Å². The summed E-state index contributed by atoms with van der Waals surface area (Å²) < 4.78 is 1.94. The summed E-state index contributed by atoms with van der Waals surface area (Å²) in [5, 5.41) is 5.78. The standard InChI is InChI=1S/C13H18N6O/c1-3-11(8-19-5-4-15-9-19)18-12(20)10-6-16-13(14-2)17-7-10/h4-7,9,11H,3,8H2,1-2H3,(H,18,20)(H,14,16,17)/t11-/m1/s1. The molecule has 0 fully saturated rings. The van der Waals surface area contributed by atoms with Crippen molar-refractivity contribution in [3.63, 3.8) is 0 Å². The Kier molecular flexibility index (Phi) is 4.65. The second-order valence-corrected chi connectivity index (χ2v) is 4.38. The van der Waals surface area contributed by atoms with Gasteiger partial charge in [-0.25, -0.2) is 15.0 Å². The third-order valence-electron chi connectivity index (χ3n) is 2.96. The zero-order chi connectivity index (χ0) is 14.4. The van der Waals surface area contributed by atoms with Crippen molar-refractivity contribution < 1.29 is 4.79 Å². The van der Waals surface area contributed by atoms with Crippen LogP contribution in [0.15, 0.2) is 31.1 Å². The zero-order valence-electron chi connectivity index (χ0n) is 11.6. The molecule has 0 aliphatic carbocycles. The lowest BCUT2D eigenvalue weighted by atomic mass is 10.2. The Morgan fingerprint density at radius 2 is 2.15 bits per heavy atom. The van der Waals surface area contributed by atoms with E-state index in [2.05, 4.69) is 25.6 Å². The van der Waals surface area contributed by atoms with E-state index in [-0.39, 0.29) is 11.9 Å². The van der Waals surface area contributed by atoms with Crippen LogP contribution in [-0.2, 0) is 6.54 Å². The first-order valence-corrected chi connectivity index (χ1v) is 6.49. The first-order valence-electron chi connectivity index (χ1n) is 6.49. The molecule has 7 heteroatoms. The van der Waals surface area contributed by atoms with Crippen LogP contribution in [0.4, 0.5) is 5.95 Å². The zero-order valence-corrected chi connectivity index (χ0v) is 11.6. The Morgan fingerprint density at radius 1 is 1.40 bits per heavy atom. The van der Waals surface area contributed by atoms with Gasteiger partial charge in [-0.1, -0.05) is 6.92 Å². The van der Waals surface area contributed by atoms with E-state index in [0.29, 0.717) is 18.1 Å². The third kappa shape index (κ3) is 3.53. The molecule has 2 rings (SSSR count). The lowest BCUT2D eigenvalue weighted by Gasteiger charge is -2.17. The topological polar surface area (TPSA) is 84.7 Å². The lowest BCUT2D eigenvalue weighted by molar-refractivity contribution is 0.0931. The van der Waals surface area contributed by atoms with Gasteiger partial charge in [-0.05, 0) is 6.42 Å². The van der Waals surface area contributed by atoms with Crippen LogP contribution in [0.3, 0.4) is 0 Å². The van der Waals surface area contributed by atoms with E-state index in [1.54, 1.807) is 19.6 Å². The maximum absolute atomic E-state index is 12.1. The Hall–Kier alpha value is -2.44. The lowest BCUT2D eigenvalue weighted by Crippen LogP contribution is -2.37. The Bertz CT molecular complexity index is 536. The van der Waals surface area contributed by atoms with Gasteiger partial charge in [0.05, 0.1) is 11.9 Å². The van der Waals surface area contributed by atoms with Crippen molar-refractivity contribution in [2.45, 2.75) is 25.9 Å². The summed E-state index contributed by atoms with van der Waals surface area (Å²) in [6.45, 7) is 2.72. The van der Waals surface area contributed by atoms with E-state index in [0.717, 1.165) is 6.42 Å². The molecule has 0 saturated heterocycles. The predicted molar refractivity (Wildman–Crippen MR) is 75.4 cm³/mol. The van der Waals surface area contributed by atoms with Crippen molar-refractivity contribution >= 4 is 11.9 Å². The van der Waals surface area contributed by atoms with Gasteiger partial charge >= 0.3 is 0 Å². The number of nitrogens with zero attached hydrogens (tertiary/aromatic N) is 4. The van der Waals surface area contributed by atoms with Gasteiger partial charge in [0.1, 0.15) is 0 Å². The Balaban J connectivity index is 1.97. The summed E-state index contributed by atoms with van der Waals surface area (Å²) in [7, 11) is 1.73. The maximum Gasteiger partial charge on any atom is 0.254 e. The molecule has 0 aliphatic rings. The van der Waals surface area contributed by atoms with Crippen LogP contribution in [-0.4, -0.2) is 38.5 Å². The Morgan fingerprint density at radius 3 is 2.70 bits per heavy atom. The van der Waals surface area contributed by atoms with E-state index in [4.69, 9.17) is 0 Å². The van der Waals surface area contributed by atoms with Crippen molar-refractivity contribution in [3.05, 3.63) is 36.7 Å². The normalized spacial score (nSPS) is 11.9. The predicted octanol–water partition coefficient (Wildman–Crippen LogP) is 0.923. The van der Waals surface area contributed by atoms with Gasteiger partial charge in [0.25, 0.3) is 5.91 Å². The number of amides is 1. The van der Waals surface area contributed by atoms with Crippen LogP contribution in [0.5, 0.6) is 0 Å². The minimum Gasteiger partial charge on any atom is -0.357 e. The number of nitrogens with one attached hydrogen (secondary N) is 2. The van der Waals surface area contributed by atoms with Crippen LogP contribution in [0.25, 0.3) is 0 Å². The summed E-state index contributed by atoms with van der Waals surface area (Å²) in [6, 6.07) is 0.0423. The summed E-state index contributed by atoms with van der Waals surface area (Å²) >= 11 is 0. The summed E-state index contributed by atoms with van der Waals surface area (Å²) in [6.07, 6.45) is 9.19. The van der Waals surface area contributed by atoms with Crippen molar-refractivity contribution in [1.82, 2.24) is 24.8 Å². The van der Waals surface area contributed by atoms with Gasteiger partial charge in [0.2, 0.25) is 5.95 Å². The smallest absolute Gasteiger partial charge is 0.254 e. The minimum absolute atomic E-state index is 0.0423. The first-order chi connectivity index (χ1) is 9.72. The first kappa shape index (κ1) is 14.0. The number of rotatable bonds is 6. The molecule has 0 spiro atoms. The molecular weight excluding hydrogens is 256 g/mol. The number of carbonyl (C=O) groups is 1. The van der Waals surface area contributed by atoms with Crippen LogP contribution in [0, 0.1) is 0 Å². The number of hydrogen-bond acceptors (Lipinski definition) is 5. The van der Waals surface area contributed by atoms with Gasteiger partial charge < -0.3 is 15.2 Å². The minimum atomic E-state index is -0.167. The molecule has 0 unspecified atom stereocenters. The molecule has 1 amide bonds. The highest BCUT2D eigenvalue weighted by atomic mass is 16.1. The average molecular weight is 274 g/mol. The van der Waals surface area contributed by atoms with E-state index < -0.39 is 0 Å². The highest BCUT2D eigenvalue weighted by molar-refractivity contribution is 5.93. The monoisotopic (exact) mass is 274 g/mol. The molecule has 2 heterocycles. The van der Waals surface area contributed by atoms with Gasteiger partial charge in [0.15, 0.2) is 0 Å². The van der Waals surface area contributed by atoms with Crippen LogP contribution >= 0.6 is 0 Å². The number of anilines is 1. The molecule has 0 saturated carbocycles. The van der Waals surface area contributed by atoms with Gasteiger partial charge in [-0.15, -0.1) is 0 Å². The second kappa shape index (κ2) is 6.65. The van der Waals surface area contributed by atoms with E-state index in [1.165, 1.54) is 12.4 Å². The molecule has 2 aromatic heterocycles. The molecule has 0 aliphatic heterocycles. The van der Waals surface area contributed by atoms with Gasteiger partial charge in [-0.3, -0.25) is 4.79 Å². The van der Waals surface area contributed by atoms with E-state index in [1.807, 2.05) is 17.7 Å². The molecule has 0 radical (unpaired) electrons. The van der Waals surface area contributed by atoms with E-state index in [9.17, 15) is 4.79 Å². The fourth-order valence-electron chi connectivity index (χ4n) is 1.77. The molecule has 106 valence electrons. The highest BCUT2D eigenvalue weighted by Gasteiger charge is 2.13. The van der Waals surface area contributed by atoms with Crippen molar-refractivity contribution in [1.29, 1.82) is 0 Å². The molecule has 0 bridgehead atoms. The summed E-state index contributed by atoms with van der Waals surface area (Å²) in [5.74, 6) is 0.326. The van der Waals surface area contributed by atoms with Gasteiger partial charge in [0, 0.05) is 44.4 Å². The molecular formula is C13H18N6O. The van der Waals surface area contributed by atoms with Crippen LogP contribution in [0.1, 0.15) is 23.7 Å². The molecule has 1 atom stereocenters. The molecule has 7 nitrogen and oxygen atoms in total. The number of aromatic nitrogens is 4. The average Bonchev–Trinajstić information content (AvgIpc) is 2.99. The van der Waals surface area contributed by atoms with Crippen molar-refractivity contribution in [2.75, 3.05) is 12.4 Å². The maximum atomic E-state index is 12.1. The fourth-order valence-corrected chi connectivity index (χ4v) is 1.77. The molecule has 2 N–H and O–H groups in total. The van der Waals surface area contributed by atoms with Crippen LogP contribution in [0.2, 0.25) is 0 Å². The molecule has 20 heavy (non-hydrogen) atoms. The second-order valence-electron chi connectivity index (χ2n) is 4.38. The quantitative estimate of drug-likeness (QED) is 0.818. The highest BCUT2D eigenvalue weighted by Crippen LogP contribution is 2.02. The summed E-state index contributed by atoms with van der Waals surface area (Å²) in [4.78, 5) is 24.2. The Labute approximate surface area is 117 Å². The largest absolute Gasteiger partial charge is 0.357 e. The summed E-state index contributed by atoms with van der Waals surface area (Å²) in [5.41, 5.74) is 0.452. The molecule has 0 aromatic carbocycles. The number of hydrogen-bond donors (Lipinski definition) is 2. The van der Waals surface area contributed by atoms with Crippen LogP contribution < -0.4 is 10.6 Å². The fraction of sp³-hybridized carbons (Fsp3) is 0.385. The number of carbonyl (C=O) groups excluding carboxylic acids is 1. The van der Waals surface area contributed by atoms with Gasteiger partial charge in [-0.2, -0.15) is 0 Å². The SMILES string of the molecule is CC[C@H](Cn1ccnc1)NC(=O)c1cnc(NC)nc1. The number of imidazole rings is 1.